The smallest absolute Gasteiger partial charge is 0.166 e. The average Bonchev–Trinajstić information content (AvgIpc) is 2.24. The molecule has 0 aliphatic rings. The molecular weight excluding hydrogens is 190 g/mol. The van der Waals surface area contributed by atoms with Gasteiger partial charge in [0.2, 0.25) is 0 Å². The van der Waals surface area contributed by atoms with Gasteiger partial charge in [-0.15, -0.1) is 0 Å². The summed E-state index contributed by atoms with van der Waals surface area (Å²) in [5.74, 6) is -0.317. The third-order valence-electron chi connectivity index (χ3n) is 2.15. The minimum absolute atomic E-state index is 0.152. The first kappa shape index (κ1) is 9.40. The minimum Gasteiger partial charge on any atom is -0.504 e. The molecule has 0 aromatic heterocycles. The van der Waals surface area contributed by atoms with Crippen LogP contribution in [0.15, 0.2) is 36.4 Å². The van der Waals surface area contributed by atoms with Gasteiger partial charge in [0, 0.05) is 11.3 Å². The lowest BCUT2D eigenvalue weighted by molar-refractivity contribution is 0.405. The molecule has 1 radical (unpaired) electrons. The van der Waals surface area contributed by atoms with Crippen LogP contribution in [0.4, 0.5) is 5.69 Å². The molecule has 15 heavy (non-hydrogen) atoms. The first-order chi connectivity index (χ1) is 7.18. The first-order valence-corrected chi connectivity index (χ1v) is 4.47. The van der Waals surface area contributed by atoms with E-state index in [-0.39, 0.29) is 11.5 Å². The van der Waals surface area contributed by atoms with Crippen LogP contribution in [-0.2, 0) is 0 Å². The van der Waals surface area contributed by atoms with Crippen molar-refractivity contribution in [2.45, 2.75) is 0 Å². The lowest BCUT2D eigenvalue weighted by Crippen LogP contribution is -1.84. The maximum Gasteiger partial charge on any atom is 0.166 e. The van der Waals surface area contributed by atoms with Crippen molar-refractivity contribution < 1.29 is 10.2 Å². The standard InChI is InChI=1S/C12H10NO2/c13-9-6-4-8(5-7-9)10-2-1-3-11(14)12(10)15/h1,3-7,14-15H,13H2. The highest BCUT2D eigenvalue weighted by molar-refractivity contribution is 5.73. The molecule has 0 amide bonds. The molecule has 3 nitrogen and oxygen atoms in total. The number of phenolic OH excluding ortho intramolecular Hbond substituents is 2. The molecule has 0 aliphatic heterocycles. The summed E-state index contributed by atoms with van der Waals surface area (Å²) >= 11 is 0. The molecule has 2 aromatic carbocycles. The van der Waals surface area contributed by atoms with E-state index in [0.29, 0.717) is 11.3 Å². The highest BCUT2D eigenvalue weighted by Crippen LogP contribution is 2.35. The van der Waals surface area contributed by atoms with Crippen LogP contribution in [0.25, 0.3) is 11.1 Å². The number of rotatable bonds is 1. The van der Waals surface area contributed by atoms with E-state index in [9.17, 15) is 10.2 Å². The monoisotopic (exact) mass is 200 g/mol. The van der Waals surface area contributed by atoms with Crippen LogP contribution in [0, 0.1) is 6.07 Å². The summed E-state index contributed by atoms with van der Waals surface area (Å²) in [6.07, 6.45) is 0. The molecule has 0 heterocycles. The largest absolute Gasteiger partial charge is 0.504 e. The van der Waals surface area contributed by atoms with Gasteiger partial charge in [0.25, 0.3) is 0 Å². The topological polar surface area (TPSA) is 66.5 Å². The number of benzene rings is 2. The SMILES string of the molecule is Nc1ccc(-c2[c]ccc(O)c2O)cc1. The maximum atomic E-state index is 9.61. The zero-order valence-electron chi connectivity index (χ0n) is 7.94. The van der Waals surface area contributed by atoms with Gasteiger partial charge in [-0.05, 0) is 35.9 Å². The molecule has 4 N–H and O–H groups in total. The van der Waals surface area contributed by atoms with Crippen molar-refractivity contribution in [1.29, 1.82) is 0 Å². The molecule has 3 heteroatoms. The van der Waals surface area contributed by atoms with E-state index in [1.54, 1.807) is 30.3 Å². The van der Waals surface area contributed by atoms with Crippen molar-refractivity contribution in [3.05, 3.63) is 42.5 Å². The summed E-state index contributed by atoms with van der Waals surface area (Å²) < 4.78 is 0. The fourth-order valence-corrected chi connectivity index (χ4v) is 1.35. The van der Waals surface area contributed by atoms with Gasteiger partial charge in [-0.3, -0.25) is 0 Å². The second-order valence-corrected chi connectivity index (χ2v) is 3.21. The van der Waals surface area contributed by atoms with Crippen molar-refractivity contribution in [3.8, 4) is 22.6 Å². The predicted molar refractivity (Wildman–Crippen MR) is 58.5 cm³/mol. The van der Waals surface area contributed by atoms with E-state index in [0.717, 1.165) is 5.56 Å². The second-order valence-electron chi connectivity index (χ2n) is 3.21. The maximum absolute atomic E-state index is 9.61. The third-order valence-corrected chi connectivity index (χ3v) is 2.15. The van der Waals surface area contributed by atoms with Crippen LogP contribution in [0.5, 0.6) is 11.5 Å². The third kappa shape index (κ3) is 1.72. The molecular formula is C12H10NO2. The normalized spacial score (nSPS) is 10.1. The van der Waals surface area contributed by atoms with E-state index >= 15 is 0 Å². The fraction of sp³-hybridized carbons (Fsp3) is 0. The zero-order valence-corrected chi connectivity index (χ0v) is 7.94. The van der Waals surface area contributed by atoms with E-state index in [2.05, 4.69) is 6.07 Å². The molecule has 0 spiro atoms. The van der Waals surface area contributed by atoms with Gasteiger partial charge in [-0.25, -0.2) is 0 Å². The van der Waals surface area contributed by atoms with Crippen LogP contribution in [0.2, 0.25) is 0 Å². The first-order valence-electron chi connectivity index (χ1n) is 4.47. The van der Waals surface area contributed by atoms with Crippen LogP contribution in [-0.4, -0.2) is 10.2 Å². The van der Waals surface area contributed by atoms with Gasteiger partial charge >= 0.3 is 0 Å². The summed E-state index contributed by atoms with van der Waals surface area (Å²) in [4.78, 5) is 0. The Morgan fingerprint density at radius 1 is 1.00 bits per heavy atom. The summed E-state index contributed by atoms with van der Waals surface area (Å²) in [6, 6.07) is 12.8. The number of hydrogen-bond acceptors (Lipinski definition) is 3. The Balaban J connectivity index is 2.54. The predicted octanol–water partition coefficient (Wildman–Crippen LogP) is 2.15. The minimum atomic E-state index is -0.165. The van der Waals surface area contributed by atoms with E-state index in [4.69, 9.17) is 5.73 Å². The van der Waals surface area contributed by atoms with Crippen molar-refractivity contribution in [1.82, 2.24) is 0 Å². The average molecular weight is 200 g/mol. The number of anilines is 1. The summed E-state index contributed by atoms with van der Waals surface area (Å²) in [6.45, 7) is 0. The Hall–Kier alpha value is -2.16. The number of phenols is 2. The Bertz CT molecular complexity index is 477. The summed E-state index contributed by atoms with van der Waals surface area (Å²) in [5, 5.41) is 18.9. The zero-order chi connectivity index (χ0) is 10.8. The van der Waals surface area contributed by atoms with E-state index < -0.39 is 0 Å². The van der Waals surface area contributed by atoms with Crippen molar-refractivity contribution in [3.63, 3.8) is 0 Å². The van der Waals surface area contributed by atoms with Crippen molar-refractivity contribution in [2.24, 2.45) is 0 Å². The van der Waals surface area contributed by atoms with Gasteiger partial charge in [-0.1, -0.05) is 12.1 Å². The Morgan fingerprint density at radius 3 is 2.33 bits per heavy atom. The Morgan fingerprint density at radius 2 is 1.67 bits per heavy atom. The summed E-state index contributed by atoms with van der Waals surface area (Å²) in [7, 11) is 0. The Labute approximate surface area is 87.4 Å². The molecule has 0 fully saturated rings. The summed E-state index contributed by atoms with van der Waals surface area (Å²) in [5.41, 5.74) is 7.43. The van der Waals surface area contributed by atoms with Gasteiger partial charge < -0.3 is 15.9 Å². The highest BCUT2D eigenvalue weighted by Gasteiger charge is 2.07. The molecule has 75 valence electrons. The molecule has 0 unspecified atom stereocenters. The Kier molecular flexibility index (Phi) is 2.21. The van der Waals surface area contributed by atoms with Crippen LogP contribution >= 0.6 is 0 Å². The molecule has 0 saturated carbocycles. The molecule has 0 bridgehead atoms. The van der Waals surface area contributed by atoms with E-state index in [1.165, 1.54) is 6.07 Å². The number of nitrogen functional groups attached to an aromatic ring is 1. The van der Waals surface area contributed by atoms with Gasteiger partial charge in [0.05, 0.1) is 0 Å². The van der Waals surface area contributed by atoms with Crippen LogP contribution in [0.3, 0.4) is 0 Å². The number of hydrogen-bond donors (Lipinski definition) is 3. The van der Waals surface area contributed by atoms with Crippen molar-refractivity contribution in [2.75, 3.05) is 5.73 Å². The molecule has 0 atom stereocenters. The van der Waals surface area contributed by atoms with Gasteiger partial charge in [-0.2, -0.15) is 0 Å². The lowest BCUT2D eigenvalue weighted by Gasteiger charge is -2.05. The molecule has 0 aliphatic carbocycles. The highest BCUT2D eigenvalue weighted by atomic mass is 16.3. The molecule has 2 rings (SSSR count). The number of aromatic hydroxyl groups is 2. The lowest BCUT2D eigenvalue weighted by atomic mass is 10.0. The van der Waals surface area contributed by atoms with Gasteiger partial charge in [0.15, 0.2) is 11.5 Å². The van der Waals surface area contributed by atoms with Crippen LogP contribution in [0.1, 0.15) is 0 Å². The molecule has 0 saturated heterocycles. The number of nitrogens with two attached hydrogens (primary N) is 1. The second kappa shape index (κ2) is 3.53. The fourth-order valence-electron chi connectivity index (χ4n) is 1.35. The van der Waals surface area contributed by atoms with E-state index in [1.807, 2.05) is 0 Å². The molecule has 2 aromatic rings. The van der Waals surface area contributed by atoms with Crippen LogP contribution < -0.4 is 5.73 Å². The van der Waals surface area contributed by atoms with Crippen molar-refractivity contribution >= 4 is 5.69 Å². The quantitative estimate of drug-likeness (QED) is 0.488. The van der Waals surface area contributed by atoms with Gasteiger partial charge in [0.1, 0.15) is 0 Å².